The van der Waals surface area contributed by atoms with E-state index in [1.165, 1.54) is 12.1 Å². The fraction of sp³-hybridized carbons (Fsp3) is 0.520. The Kier molecular flexibility index (Phi) is 8.63. The average molecular weight is 511 g/mol. The molecule has 4 rings (SSSR count). The van der Waals surface area contributed by atoms with E-state index >= 15 is 0 Å². The van der Waals surface area contributed by atoms with Crippen LogP contribution in [0.1, 0.15) is 30.9 Å². The normalized spacial score (nSPS) is 24.6. The van der Waals surface area contributed by atoms with Crippen LogP contribution in [0.5, 0.6) is 0 Å². The van der Waals surface area contributed by atoms with Crippen LogP contribution in [-0.2, 0) is 4.74 Å². The lowest BCUT2D eigenvalue weighted by molar-refractivity contribution is 0.132. The lowest BCUT2D eigenvalue weighted by Gasteiger charge is -2.36. The minimum absolute atomic E-state index is 0.124. The molecule has 2 unspecified atom stereocenters. The summed E-state index contributed by atoms with van der Waals surface area (Å²) in [6.45, 7) is 2.82. The van der Waals surface area contributed by atoms with Crippen molar-refractivity contribution >= 4 is 12.1 Å². The Bertz CT molecular complexity index is 1010. The van der Waals surface area contributed by atoms with Crippen LogP contribution < -0.4 is 5.32 Å². The molecule has 36 heavy (non-hydrogen) atoms. The van der Waals surface area contributed by atoms with Crippen molar-refractivity contribution in [2.45, 2.75) is 37.4 Å². The highest BCUT2D eigenvalue weighted by atomic mass is 19.2. The van der Waals surface area contributed by atoms with Crippen molar-refractivity contribution < 1.29 is 31.9 Å². The molecular weight excluding hydrogens is 480 g/mol. The third-order valence-corrected chi connectivity index (χ3v) is 6.95. The minimum atomic E-state index is -1.05. The Morgan fingerprint density at radius 2 is 1.92 bits per heavy atom. The molecule has 196 valence electrons. The summed E-state index contributed by atoms with van der Waals surface area (Å²) < 4.78 is 57.3. The van der Waals surface area contributed by atoms with E-state index in [4.69, 9.17) is 4.74 Å². The average Bonchev–Trinajstić information content (AvgIpc) is 3.48. The Morgan fingerprint density at radius 1 is 1.14 bits per heavy atom. The van der Waals surface area contributed by atoms with Crippen LogP contribution in [0, 0.1) is 11.6 Å². The Labute approximate surface area is 207 Å². The number of carbonyl (C=O) groups excluding carboxylic acids is 2. The fourth-order valence-electron chi connectivity index (χ4n) is 5.02. The number of hydrogen-bond acceptors (Lipinski definition) is 5. The first kappa shape index (κ1) is 26.2. The predicted molar refractivity (Wildman–Crippen MR) is 125 cm³/mol. The number of carbonyl (C=O) groups is 2. The van der Waals surface area contributed by atoms with Gasteiger partial charge in [0.05, 0.1) is 0 Å². The molecule has 3 fully saturated rings. The maximum atomic E-state index is 13.7. The number of urea groups is 1. The van der Waals surface area contributed by atoms with E-state index in [-0.39, 0.29) is 18.2 Å². The van der Waals surface area contributed by atoms with Gasteiger partial charge >= 0.3 is 12.1 Å². The third-order valence-electron chi connectivity index (χ3n) is 6.95. The molecule has 0 aromatic heterocycles. The van der Waals surface area contributed by atoms with E-state index in [1.54, 1.807) is 6.08 Å². The number of nitrogens with one attached hydrogen (secondary N) is 1. The highest BCUT2D eigenvalue weighted by molar-refractivity contribution is 5.92. The lowest BCUT2D eigenvalue weighted by atomic mass is 10.0. The van der Waals surface area contributed by atoms with E-state index in [9.17, 15) is 27.2 Å². The molecule has 11 heteroatoms. The van der Waals surface area contributed by atoms with Gasteiger partial charge in [0.15, 0.2) is 11.6 Å². The summed E-state index contributed by atoms with van der Waals surface area (Å²) >= 11 is 0. The number of imide groups is 1. The molecule has 3 heterocycles. The standard InChI is InChI=1S/C25H30F4N4O3/c26-9-5-18(27)2-1-10-31-11-7-20(8-12-31)32-13-6-19(15-32)30-24(34)33-23(16-36-25(33)35)17-3-4-21(28)22(29)14-17/h1-5,14,19-20,23H,6-13,15-16H2,(H,30,34)/b2-1-,18-5+. The van der Waals surface area contributed by atoms with Crippen LogP contribution >= 0.6 is 0 Å². The fourth-order valence-corrected chi connectivity index (χ4v) is 5.02. The second-order valence-electron chi connectivity index (χ2n) is 9.24. The summed E-state index contributed by atoms with van der Waals surface area (Å²) in [7, 11) is 0. The van der Waals surface area contributed by atoms with Crippen molar-refractivity contribution in [3.63, 3.8) is 0 Å². The number of halogens is 4. The van der Waals surface area contributed by atoms with Gasteiger partial charge in [0.25, 0.3) is 0 Å². The smallest absolute Gasteiger partial charge is 0.418 e. The molecule has 1 N–H and O–H groups in total. The van der Waals surface area contributed by atoms with Crippen molar-refractivity contribution in [3.8, 4) is 0 Å². The SMILES string of the molecule is O=C(NC1CCN(C2CCN(C/C=C\C(F)=C/CF)CC2)C1)N1C(=O)OCC1c1ccc(F)c(F)c1. The van der Waals surface area contributed by atoms with Crippen LogP contribution in [0.3, 0.4) is 0 Å². The molecule has 0 radical (unpaired) electrons. The first-order valence-electron chi connectivity index (χ1n) is 12.1. The summed E-state index contributed by atoms with van der Waals surface area (Å²) in [5.41, 5.74) is 0.283. The number of nitrogens with zero attached hydrogens (tertiary/aromatic N) is 3. The van der Waals surface area contributed by atoms with Gasteiger partial charge in [-0.25, -0.2) is 32.1 Å². The van der Waals surface area contributed by atoms with Gasteiger partial charge in [-0.1, -0.05) is 12.1 Å². The van der Waals surface area contributed by atoms with E-state index in [1.807, 2.05) is 0 Å². The number of piperidine rings is 1. The van der Waals surface area contributed by atoms with E-state index < -0.39 is 42.3 Å². The zero-order chi connectivity index (χ0) is 25.7. The number of ether oxygens (including phenoxy) is 1. The van der Waals surface area contributed by atoms with Crippen molar-refractivity contribution in [3.05, 3.63) is 59.5 Å². The third kappa shape index (κ3) is 6.25. The van der Waals surface area contributed by atoms with Crippen molar-refractivity contribution in [1.29, 1.82) is 0 Å². The number of rotatable bonds is 7. The minimum Gasteiger partial charge on any atom is -0.446 e. The van der Waals surface area contributed by atoms with Gasteiger partial charge in [-0.05, 0) is 62.2 Å². The van der Waals surface area contributed by atoms with Gasteiger partial charge < -0.3 is 10.1 Å². The molecule has 0 saturated carbocycles. The van der Waals surface area contributed by atoms with Crippen molar-refractivity contribution in [2.24, 2.45) is 0 Å². The molecule has 1 aromatic rings. The molecule has 3 aliphatic rings. The summed E-state index contributed by atoms with van der Waals surface area (Å²) in [6, 6.07) is 2.03. The lowest BCUT2D eigenvalue weighted by Crippen LogP contribution is -2.48. The molecule has 0 bridgehead atoms. The summed E-state index contributed by atoms with van der Waals surface area (Å²) in [6.07, 6.45) is 5.65. The monoisotopic (exact) mass is 510 g/mol. The number of cyclic esters (lactones) is 1. The van der Waals surface area contributed by atoms with E-state index in [0.29, 0.717) is 19.1 Å². The molecule has 3 amide bonds. The van der Waals surface area contributed by atoms with Crippen LogP contribution in [-0.4, -0.2) is 84.9 Å². The summed E-state index contributed by atoms with van der Waals surface area (Å²) in [5, 5.41) is 2.89. The number of allylic oxidation sites excluding steroid dienone is 3. The maximum Gasteiger partial charge on any atom is 0.418 e. The van der Waals surface area contributed by atoms with Gasteiger partial charge in [-0.15, -0.1) is 0 Å². The van der Waals surface area contributed by atoms with Crippen LogP contribution in [0.4, 0.5) is 27.2 Å². The molecule has 1 aromatic carbocycles. The summed E-state index contributed by atoms with van der Waals surface area (Å²) in [4.78, 5) is 30.6. The Balaban J connectivity index is 1.25. The number of amides is 3. The first-order chi connectivity index (χ1) is 17.4. The van der Waals surface area contributed by atoms with Crippen LogP contribution in [0.25, 0.3) is 0 Å². The topological polar surface area (TPSA) is 65.1 Å². The molecule has 7 nitrogen and oxygen atoms in total. The van der Waals surface area contributed by atoms with Gasteiger partial charge in [0.1, 0.15) is 25.2 Å². The molecule has 0 aliphatic carbocycles. The predicted octanol–water partition coefficient (Wildman–Crippen LogP) is 4.09. The quantitative estimate of drug-likeness (QED) is 0.442. The first-order valence-corrected chi connectivity index (χ1v) is 12.1. The highest BCUT2D eigenvalue weighted by Gasteiger charge is 2.41. The van der Waals surface area contributed by atoms with E-state index in [0.717, 1.165) is 62.0 Å². The molecule has 3 aliphatic heterocycles. The number of likely N-dealkylation sites (tertiary alicyclic amines) is 2. The number of benzene rings is 1. The maximum absolute atomic E-state index is 13.7. The van der Waals surface area contributed by atoms with Crippen molar-refractivity contribution in [1.82, 2.24) is 20.0 Å². The second-order valence-corrected chi connectivity index (χ2v) is 9.24. The highest BCUT2D eigenvalue weighted by Crippen LogP contribution is 2.29. The van der Waals surface area contributed by atoms with Crippen molar-refractivity contribution in [2.75, 3.05) is 46.0 Å². The molecule has 2 atom stereocenters. The van der Waals surface area contributed by atoms with Gasteiger partial charge in [0, 0.05) is 31.7 Å². The van der Waals surface area contributed by atoms with Crippen LogP contribution in [0.2, 0.25) is 0 Å². The second kappa shape index (κ2) is 11.9. The van der Waals surface area contributed by atoms with E-state index in [2.05, 4.69) is 15.1 Å². The van der Waals surface area contributed by atoms with Gasteiger partial charge in [-0.2, -0.15) is 0 Å². The molecule has 3 saturated heterocycles. The Hall–Kier alpha value is -2.92. The zero-order valence-corrected chi connectivity index (χ0v) is 19.8. The number of hydrogen-bond donors (Lipinski definition) is 1. The van der Waals surface area contributed by atoms with Gasteiger partial charge in [0.2, 0.25) is 0 Å². The van der Waals surface area contributed by atoms with Gasteiger partial charge in [-0.3, -0.25) is 9.80 Å². The Morgan fingerprint density at radius 3 is 2.64 bits per heavy atom. The molecule has 0 spiro atoms. The molecular formula is C25H30F4N4O3. The summed E-state index contributed by atoms with van der Waals surface area (Å²) in [5.74, 6) is -2.63. The van der Waals surface area contributed by atoms with Crippen LogP contribution in [0.15, 0.2) is 42.3 Å². The zero-order valence-electron chi connectivity index (χ0n) is 19.8. The largest absolute Gasteiger partial charge is 0.446 e. The number of alkyl halides is 1.